The molecule has 0 unspecified atom stereocenters. The molecule has 1 amide bonds. The molecule has 0 saturated heterocycles. The lowest BCUT2D eigenvalue weighted by Gasteiger charge is -2.31. The van der Waals surface area contributed by atoms with Crippen LogP contribution in [0.5, 0.6) is 0 Å². The van der Waals surface area contributed by atoms with Crippen molar-refractivity contribution in [2.24, 2.45) is 29.6 Å². The fraction of sp³-hybridized carbons (Fsp3) is 0.955. The molecular formula is C22H42N2O. The minimum atomic E-state index is 0.271. The summed E-state index contributed by atoms with van der Waals surface area (Å²) in [5.41, 5.74) is 0. The van der Waals surface area contributed by atoms with Crippen molar-refractivity contribution in [1.29, 1.82) is 0 Å². The summed E-state index contributed by atoms with van der Waals surface area (Å²) in [5, 5.41) is 6.83. The lowest BCUT2D eigenvalue weighted by Crippen LogP contribution is -2.38. The van der Waals surface area contributed by atoms with Gasteiger partial charge in [-0.05, 0) is 75.2 Å². The molecule has 0 aromatic rings. The SMILES string of the molecule is CC(C)CC1CCC(CNC(=O)C2CCC(CNC(C)C)CC2)CC1. The molecular weight excluding hydrogens is 308 g/mol. The van der Waals surface area contributed by atoms with Crippen molar-refractivity contribution in [3.05, 3.63) is 0 Å². The summed E-state index contributed by atoms with van der Waals surface area (Å²) in [6.07, 6.45) is 11.3. The highest BCUT2D eigenvalue weighted by Crippen LogP contribution is 2.33. The van der Waals surface area contributed by atoms with Crippen LogP contribution in [0.15, 0.2) is 0 Å². The van der Waals surface area contributed by atoms with E-state index in [0.717, 1.165) is 49.6 Å². The van der Waals surface area contributed by atoms with Gasteiger partial charge in [0.25, 0.3) is 0 Å². The van der Waals surface area contributed by atoms with Crippen LogP contribution in [0, 0.1) is 29.6 Å². The van der Waals surface area contributed by atoms with Gasteiger partial charge < -0.3 is 10.6 Å². The van der Waals surface area contributed by atoms with Gasteiger partial charge in [0.2, 0.25) is 5.91 Å². The van der Waals surface area contributed by atoms with Gasteiger partial charge in [0, 0.05) is 18.5 Å². The van der Waals surface area contributed by atoms with E-state index in [1.807, 2.05) is 0 Å². The van der Waals surface area contributed by atoms with Crippen LogP contribution < -0.4 is 10.6 Å². The van der Waals surface area contributed by atoms with Crippen molar-refractivity contribution in [3.8, 4) is 0 Å². The van der Waals surface area contributed by atoms with Crippen LogP contribution in [0.1, 0.15) is 85.5 Å². The topological polar surface area (TPSA) is 41.1 Å². The third kappa shape index (κ3) is 7.68. The van der Waals surface area contributed by atoms with Crippen molar-refractivity contribution < 1.29 is 4.79 Å². The predicted octanol–water partition coefficient (Wildman–Crippen LogP) is 4.76. The van der Waals surface area contributed by atoms with Crippen molar-refractivity contribution in [3.63, 3.8) is 0 Å². The fourth-order valence-corrected chi connectivity index (χ4v) is 4.76. The van der Waals surface area contributed by atoms with Crippen molar-refractivity contribution >= 4 is 5.91 Å². The molecule has 2 aliphatic rings. The monoisotopic (exact) mass is 350 g/mol. The summed E-state index contributed by atoms with van der Waals surface area (Å²) in [6, 6.07) is 0.566. The van der Waals surface area contributed by atoms with Crippen LogP contribution in [0.3, 0.4) is 0 Å². The first-order valence-corrected chi connectivity index (χ1v) is 10.9. The van der Waals surface area contributed by atoms with E-state index < -0.39 is 0 Å². The lowest BCUT2D eigenvalue weighted by atomic mass is 9.78. The van der Waals surface area contributed by atoms with Crippen molar-refractivity contribution in [2.75, 3.05) is 13.1 Å². The third-order valence-corrected chi connectivity index (χ3v) is 6.37. The molecule has 0 bridgehead atoms. The Labute approximate surface area is 156 Å². The molecule has 0 aromatic heterocycles. The molecule has 0 aromatic carbocycles. The Morgan fingerprint density at radius 1 is 0.800 bits per heavy atom. The first kappa shape index (κ1) is 20.7. The summed E-state index contributed by atoms with van der Waals surface area (Å²) in [7, 11) is 0. The Bertz CT molecular complexity index is 377. The van der Waals surface area contributed by atoms with Crippen molar-refractivity contribution in [1.82, 2.24) is 10.6 Å². The highest BCUT2D eigenvalue weighted by molar-refractivity contribution is 5.78. The molecule has 0 radical (unpaired) electrons. The summed E-state index contributed by atoms with van der Waals surface area (Å²) in [5.74, 6) is 3.85. The maximum Gasteiger partial charge on any atom is 0.223 e. The third-order valence-electron chi connectivity index (χ3n) is 6.37. The van der Waals surface area contributed by atoms with Gasteiger partial charge in [-0.15, -0.1) is 0 Å². The normalized spacial score (nSPS) is 30.6. The summed E-state index contributed by atoms with van der Waals surface area (Å²) < 4.78 is 0. The van der Waals surface area contributed by atoms with Gasteiger partial charge in [-0.2, -0.15) is 0 Å². The van der Waals surface area contributed by atoms with Crippen LogP contribution in [-0.2, 0) is 4.79 Å². The van der Waals surface area contributed by atoms with E-state index in [1.54, 1.807) is 0 Å². The smallest absolute Gasteiger partial charge is 0.223 e. The number of hydrogen-bond acceptors (Lipinski definition) is 2. The van der Waals surface area contributed by atoms with Gasteiger partial charge in [-0.25, -0.2) is 0 Å². The van der Waals surface area contributed by atoms with E-state index in [1.165, 1.54) is 44.9 Å². The zero-order valence-corrected chi connectivity index (χ0v) is 17.2. The molecule has 2 saturated carbocycles. The highest BCUT2D eigenvalue weighted by atomic mass is 16.1. The first-order valence-electron chi connectivity index (χ1n) is 10.9. The summed E-state index contributed by atoms with van der Waals surface area (Å²) in [6.45, 7) is 11.1. The van der Waals surface area contributed by atoms with Crippen LogP contribution in [0.4, 0.5) is 0 Å². The molecule has 3 heteroatoms. The standard InChI is InChI=1S/C22H42N2O/c1-16(2)13-18-5-7-19(8-6-18)15-24-22(25)21-11-9-20(10-12-21)14-23-17(3)4/h16-21,23H,5-15H2,1-4H3,(H,24,25). The molecule has 0 atom stereocenters. The Balaban J connectivity index is 1.59. The number of carbonyl (C=O) groups is 1. The summed E-state index contributed by atoms with van der Waals surface area (Å²) in [4.78, 5) is 12.5. The lowest BCUT2D eigenvalue weighted by molar-refractivity contribution is -0.126. The number of rotatable bonds is 8. The highest BCUT2D eigenvalue weighted by Gasteiger charge is 2.27. The minimum absolute atomic E-state index is 0.271. The number of hydrogen-bond donors (Lipinski definition) is 2. The van der Waals surface area contributed by atoms with Crippen LogP contribution in [0.25, 0.3) is 0 Å². The molecule has 0 spiro atoms. The van der Waals surface area contributed by atoms with Gasteiger partial charge >= 0.3 is 0 Å². The molecule has 25 heavy (non-hydrogen) atoms. The molecule has 2 rings (SSSR count). The van der Waals surface area contributed by atoms with Crippen LogP contribution >= 0.6 is 0 Å². The first-order chi connectivity index (χ1) is 11.9. The van der Waals surface area contributed by atoms with E-state index in [9.17, 15) is 4.79 Å². The molecule has 0 aliphatic heterocycles. The predicted molar refractivity (Wildman–Crippen MR) is 106 cm³/mol. The maximum atomic E-state index is 12.5. The molecule has 2 fully saturated rings. The summed E-state index contributed by atoms with van der Waals surface area (Å²) >= 11 is 0. The number of carbonyl (C=O) groups excluding carboxylic acids is 1. The Morgan fingerprint density at radius 2 is 1.32 bits per heavy atom. The van der Waals surface area contributed by atoms with Gasteiger partial charge in [0.15, 0.2) is 0 Å². The molecule has 3 nitrogen and oxygen atoms in total. The van der Waals surface area contributed by atoms with Gasteiger partial charge in [-0.1, -0.05) is 40.5 Å². The van der Waals surface area contributed by atoms with Gasteiger partial charge in [0.05, 0.1) is 0 Å². The van der Waals surface area contributed by atoms with E-state index in [4.69, 9.17) is 0 Å². The quantitative estimate of drug-likeness (QED) is 0.662. The Morgan fingerprint density at radius 3 is 1.88 bits per heavy atom. The Hall–Kier alpha value is -0.570. The van der Waals surface area contributed by atoms with Crippen LogP contribution in [-0.4, -0.2) is 25.0 Å². The average molecular weight is 351 g/mol. The fourth-order valence-electron chi connectivity index (χ4n) is 4.76. The largest absolute Gasteiger partial charge is 0.356 e. The second kappa shape index (κ2) is 10.5. The minimum Gasteiger partial charge on any atom is -0.356 e. The van der Waals surface area contributed by atoms with Crippen molar-refractivity contribution in [2.45, 2.75) is 91.5 Å². The van der Waals surface area contributed by atoms with Gasteiger partial charge in [-0.3, -0.25) is 4.79 Å². The van der Waals surface area contributed by atoms with Crippen LogP contribution in [0.2, 0.25) is 0 Å². The molecule has 146 valence electrons. The zero-order chi connectivity index (χ0) is 18.2. The molecule has 2 aliphatic carbocycles. The number of nitrogens with one attached hydrogen (secondary N) is 2. The van der Waals surface area contributed by atoms with E-state index in [0.29, 0.717) is 11.9 Å². The van der Waals surface area contributed by atoms with Gasteiger partial charge in [0.1, 0.15) is 0 Å². The Kier molecular flexibility index (Phi) is 8.75. The maximum absolute atomic E-state index is 12.5. The molecule has 2 N–H and O–H groups in total. The second-order valence-corrected chi connectivity index (χ2v) is 9.54. The van der Waals surface area contributed by atoms with E-state index in [-0.39, 0.29) is 5.92 Å². The van der Waals surface area contributed by atoms with E-state index in [2.05, 4.69) is 38.3 Å². The second-order valence-electron chi connectivity index (χ2n) is 9.54. The zero-order valence-electron chi connectivity index (χ0n) is 17.2. The molecule has 0 heterocycles. The van der Waals surface area contributed by atoms with E-state index >= 15 is 0 Å². The number of amides is 1. The average Bonchev–Trinajstić information content (AvgIpc) is 2.59.